The van der Waals surface area contributed by atoms with Crippen molar-refractivity contribution >= 4 is 23.4 Å². The van der Waals surface area contributed by atoms with Gasteiger partial charge in [0.05, 0.1) is 18.6 Å². The van der Waals surface area contributed by atoms with Crippen LogP contribution in [0.2, 0.25) is 0 Å². The van der Waals surface area contributed by atoms with Gasteiger partial charge in [-0.15, -0.1) is 0 Å². The second kappa shape index (κ2) is 8.09. The van der Waals surface area contributed by atoms with Crippen molar-refractivity contribution in [3.8, 4) is 0 Å². The zero-order chi connectivity index (χ0) is 19.4. The van der Waals surface area contributed by atoms with Crippen LogP contribution in [0, 0.1) is 17.0 Å². The van der Waals surface area contributed by atoms with Crippen molar-refractivity contribution in [3.05, 3.63) is 27.4 Å². The molecule has 1 aromatic rings. The van der Waals surface area contributed by atoms with Gasteiger partial charge in [-0.1, -0.05) is 6.92 Å². The number of esters is 1. The first-order chi connectivity index (χ1) is 12.3. The van der Waals surface area contributed by atoms with E-state index in [1.54, 1.807) is 6.92 Å². The minimum absolute atomic E-state index is 0.0279. The van der Waals surface area contributed by atoms with E-state index < -0.39 is 22.5 Å². The van der Waals surface area contributed by atoms with Gasteiger partial charge in [0, 0.05) is 17.8 Å². The van der Waals surface area contributed by atoms with Crippen LogP contribution in [0.25, 0.3) is 0 Å². The number of anilines is 1. The van der Waals surface area contributed by atoms with Crippen LogP contribution in [0.4, 0.5) is 11.5 Å². The topological polar surface area (TPSA) is 135 Å². The number of rotatable bonds is 8. The van der Waals surface area contributed by atoms with E-state index in [2.05, 4.69) is 15.0 Å². The number of aromatic nitrogens is 1. The highest BCUT2D eigenvalue weighted by atomic mass is 16.6. The molecule has 0 spiro atoms. The third kappa shape index (κ3) is 4.26. The van der Waals surface area contributed by atoms with E-state index in [9.17, 15) is 19.7 Å². The Labute approximate surface area is 150 Å². The van der Waals surface area contributed by atoms with E-state index in [4.69, 9.17) is 5.11 Å². The molecule has 0 amide bonds. The quantitative estimate of drug-likeness (QED) is 0.398. The lowest BCUT2D eigenvalue weighted by atomic mass is 9.85. The Bertz CT molecular complexity index is 717. The molecular formula is C16H22N4O6. The molecule has 0 radical (unpaired) electrons. The van der Waals surface area contributed by atoms with E-state index in [1.807, 2.05) is 11.8 Å². The van der Waals surface area contributed by atoms with Crippen molar-refractivity contribution < 1.29 is 24.4 Å². The van der Waals surface area contributed by atoms with Gasteiger partial charge in [0.15, 0.2) is 0 Å². The highest BCUT2D eigenvalue weighted by Crippen LogP contribution is 2.33. The molecule has 0 bridgehead atoms. The number of likely N-dealkylation sites (N-methyl/N-ethyl adjacent to an activating group) is 1. The van der Waals surface area contributed by atoms with Crippen LogP contribution in [-0.2, 0) is 9.53 Å². The number of nitro groups is 1. The number of carboxylic acid groups (broad SMARTS) is 1. The highest BCUT2D eigenvalue weighted by Gasteiger charge is 2.36. The molecule has 1 heterocycles. The molecule has 0 atom stereocenters. The van der Waals surface area contributed by atoms with Gasteiger partial charge in [0.1, 0.15) is 5.56 Å². The van der Waals surface area contributed by atoms with Crippen LogP contribution >= 0.6 is 0 Å². The summed E-state index contributed by atoms with van der Waals surface area (Å²) in [7, 11) is 1.16. The second-order valence-corrected chi connectivity index (χ2v) is 6.18. The molecule has 2 rings (SSSR count). The van der Waals surface area contributed by atoms with Crippen molar-refractivity contribution in [2.75, 3.05) is 25.5 Å². The summed E-state index contributed by atoms with van der Waals surface area (Å²) >= 11 is 0. The summed E-state index contributed by atoms with van der Waals surface area (Å²) in [4.78, 5) is 39.5. The standard InChI is InChI=1S/C16H22N4O6/c1-4-19(8-13(21)22)11-6-10(7-11)18-15-14(20(24)25)12(16(23)26-3)5-9(2)17-15/h5,10-11H,4,6-8H2,1-3H3,(H,17,18)(H,21,22). The van der Waals surface area contributed by atoms with Crippen molar-refractivity contribution in [1.29, 1.82) is 0 Å². The third-order valence-electron chi connectivity index (χ3n) is 4.42. The number of aryl methyl sites for hydroxylation is 1. The molecule has 1 aliphatic rings. The number of hydrogen-bond donors (Lipinski definition) is 2. The van der Waals surface area contributed by atoms with Gasteiger partial charge < -0.3 is 15.2 Å². The summed E-state index contributed by atoms with van der Waals surface area (Å²) in [6, 6.07) is 1.34. The molecule has 0 unspecified atom stereocenters. The summed E-state index contributed by atoms with van der Waals surface area (Å²) in [5, 5.41) is 23.4. The van der Waals surface area contributed by atoms with Crippen LogP contribution in [0.5, 0.6) is 0 Å². The summed E-state index contributed by atoms with van der Waals surface area (Å²) in [5.41, 5.74) is -0.108. The fourth-order valence-corrected chi connectivity index (χ4v) is 3.09. The molecule has 0 aromatic carbocycles. The number of carboxylic acids is 1. The number of aliphatic carboxylic acids is 1. The van der Waals surface area contributed by atoms with Crippen LogP contribution < -0.4 is 5.32 Å². The Morgan fingerprint density at radius 1 is 1.50 bits per heavy atom. The molecule has 1 fully saturated rings. The lowest BCUT2D eigenvalue weighted by Crippen LogP contribution is -2.51. The predicted octanol–water partition coefficient (Wildman–Crippen LogP) is 1.43. The first-order valence-electron chi connectivity index (χ1n) is 8.23. The SMILES string of the molecule is CCN(CC(=O)O)C1CC(Nc2nc(C)cc(C(=O)OC)c2[N+](=O)[O-])C1. The number of carbonyl (C=O) groups excluding carboxylic acids is 1. The monoisotopic (exact) mass is 366 g/mol. The lowest BCUT2D eigenvalue weighted by Gasteiger charge is -2.42. The van der Waals surface area contributed by atoms with Crippen LogP contribution in [-0.4, -0.2) is 64.1 Å². The molecular weight excluding hydrogens is 344 g/mol. The maximum atomic E-state index is 11.9. The predicted molar refractivity (Wildman–Crippen MR) is 92.3 cm³/mol. The maximum absolute atomic E-state index is 11.9. The van der Waals surface area contributed by atoms with Gasteiger partial charge in [-0.2, -0.15) is 0 Å². The van der Waals surface area contributed by atoms with E-state index in [0.29, 0.717) is 25.1 Å². The Hall–Kier alpha value is -2.75. The molecule has 2 N–H and O–H groups in total. The molecule has 0 saturated heterocycles. The number of nitrogens with zero attached hydrogens (tertiary/aromatic N) is 3. The Kier molecular flexibility index (Phi) is 6.09. The van der Waals surface area contributed by atoms with Crippen molar-refractivity contribution in [2.45, 2.75) is 38.8 Å². The van der Waals surface area contributed by atoms with Gasteiger partial charge in [-0.3, -0.25) is 19.8 Å². The van der Waals surface area contributed by atoms with Gasteiger partial charge in [0.2, 0.25) is 5.82 Å². The summed E-state index contributed by atoms with van der Waals surface area (Å²) in [5.74, 6) is -1.66. The first-order valence-corrected chi connectivity index (χ1v) is 8.23. The lowest BCUT2D eigenvalue weighted by molar-refractivity contribution is -0.384. The first kappa shape index (κ1) is 19.6. The fourth-order valence-electron chi connectivity index (χ4n) is 3.09. The van der Waals surface area contributed by atoms with Gasteiger partial charge in [0.25, 0.3) is 0 Å². The van der Waals surface area contributed by atoms with Crippen molar-refractivity contribution in [3.63, 3.8) is 0 Å². The Morgan fingerprint density at radius 3 is 2.65 bits per heavy atom. The van der Waals surface area contributed by atoms with Gasteiger partial charge >= 0.3 is 17.6 Å². The average Bonchev–Trinajstić information content (AvgIpc) is 2.53. The molecule has 1 aliphatic carbocycles. The molecule has 1 saturated carbocycles. The molecule has 1 aromatic heterocycles. The smallest absolute Gasteiger partial charge is 0.345 e. The summed E-state index contributed by atoms with van der Waals surface area (Å²) in [6.07, 6.45) is 1.28. The minimum Gasteiger partial charge on any atom is -0.480 e. The minimum atomic E-state index is -0.887. The Balaban J connectivity index is 2.16. The van der Waals surface area contributed by atoms with Crippen LogP contribution in [0.15, 0.2) is 6.07 Å². The number of ether oxygens (including phenoxy) is 1. The summed E-state index contributed by atoms with van der Waals surface area (Å²) in [6.45, 7) is 4.10. The number of pyridine rings is 1. The van der Waals surface area contributed by atoms with Crippen molar-refractivity contribution in [2.24, 2.45) is 0 Å². The maximum Gasteiger partial charge on any atom is 0.345 e. The number of carbonyl (C=O) groups is 2. The third-order valence-corrected chi connectivity index (χ3v) is 4.42. The fraction of sp³-hybridized carbons (Fsp3) is 0.562. The molecule has 10 nitrogen and oxygen atoms in total. The molecule has 0 aliphatic heterocycles. The average molecular weight is 366 g/mol. The van der Waals surface area contributed by atoms with Gasteiger partial charge in [-0.05, 0) is 32.4 Å². The van der Waals surface area contributed by atoms with E-state index in [-0.39, 0.29) is 30.0 Å². The molecule has 142 valence electrons. The number of hydrogen-bond acceptors (Lipinski definition) is 8. The van der Waals surface area contributed by atoms with Crippen molar-refractivity contribution in [1.82, 2.24) is 9.88 Å². The number of nitrogens with one attached hydrogen (secondary N) is 1. The van der Waals surface area contributed by atoms with Gasteiger partial charge in [-0.25, -0.2) is 9.78 Å². The normalized spacial score (nSPS) is 18.9. The zero-order valence-corrected chi connectivity index (χ0v) is 14.9. The summed E-state index contributed by atoms with van der Waals surface area (Å²) < 4.78 is 4.62. The van der Waals surface area contributed by atoms with Crippen LogP contribution in [0.1, 0.15) is 35.8 Å². The van der Waals surface area contributed by atoms with E-state index in [1.165, 1.54) is 6.07 Å². The largest absolute Gasteiger partial charge is 0.480 e. The zero-order valence-electron chi connectivity index (χ0n) is 14.9. The molecule has 26 heavy (non-hydrogen) atoms. The Morgan fingerprint density at radius 2 is 2.15 bits per heavy atom. The molecule has 10 heteroatoms. The second-order valence-electron chi connectivity index (χ2n) is 6.18. The highest BCUT2D eigenvalue weighted by molar-refractivity contribution is 5.96. The van der Waals surface area contributed by atoms with E-state index in [0.717, 1.165) is 7.11 Å². The van der Waals surface area contributed by atoms with Crippen LogP contribution in [0.3, 0.4) is 0 Å². The number of methoxy groups -OCH3 is 1. The van der Waals surface area contributed by atoms with E-state index >= 15 is 0 Å².